The molecule has 1 heterocycles. The van der Waals surface area contributed by atoms with Crippen LogP contribution in [0.4, 0.5) is 0 Å². The zero-order chi connectivity index (χ0) is 9.26. The molecule has 0 aromatic heterocycles. The van der Waals surface area contributed by atoms with Gasteiger partial charge in [0, 0.05) is 0 Å². The first kappa shape index (κ1) is 9.00. The van der Waals surface area contributed by atoms with E-state index in [2.05, 4.69) is 0 Å². The number of ether oxygens (including phenoxy) is 2. The second kappa shape index (κ2) is 3.66. The maximum Gasteiger partial charge on any atom is 0.311 e. The molecule has 1 saturated carbocycles. The van der Waals surface area contributed by atoms with E-state index < -0.39 is 0 Å². The summed E-state index contributed by atoms with van der Waals surface area (Å²) in [5.41, 5.74) is 0. The quantitative estimate of drug-likeness (QED) is 0.493. The van der Waals surface area contributed by atoms with Gasteiger partial charge in [-0.2, -0.15) is 0 Å². The molecule has 13 heavy (non-hydrogen) atoms. The molecular formula is C10H16O3. The summed E-state index contributed by atoms with van der Waals surface area (Å²) in [6, 6.07) is 0. The van der Waals surface area contributed by atoms with Crippen molar-refractivity contribution in [2.24, 2.45) is 5.92 Å². The van der Waals surface area contributed by atoms with Crippen LogP contribution < -0.4 is 0 Å². The molecule has 2 rings (SSSR count). The Hall–Kier alpha value is -0.570. The van der Waals surface area contributed by atoms with Crippen LogP contribution in [-0.2, 0) is 14.3 Å². The van der Waals surface area contributed by atoms with E-state index in [0.717, 1.165) is 25.7 Å². The van der Waals surface area contributed by atoms with Crippen LogP contribution in [0.5, 0.6) is 0 Å². The van der Waals surface area contributed by atoms with Crippen LogP contribution in [0.3, 0.4) is 0 Å². The third-order valence-corrected chi connectivity index (χ3v) is 2.77. The lowest BCUT2D eigenvalue weighted by Gasteiger charge is -2.16. The van der Waals surface area contributed by atoms with E-state index in [0.29, 0.717) is 12.7 Å². The van der Waals surface area contributed by atoms with Gasteiger partial charge in [-0.3, -0.25) is 4.79 Å². The molecule has 1 aliphatic carbocycles. The van der Waals surface area contributed by atoms with E-state index >= 15 is 0 Å². The van der Waals surface area contributed by atoms with E-state index in [-0.39, 0.29) is 18.0 Å². The Morgan fingerprint density at radius 3 is 3.15 bits per heavy atom. The number of fused-ring (bicyclic) bond motifs is 1. The van der Waals surface area contributed by atoms with Crippen molar-refractivity contribution in [3.63, 3.8) is 0 Å². The number of hydrogen-bond donors (Lipinski definition) is 0. The molecule has 0 amide bonds. The molecule has 2 fully saturated rings. The van der Waals surface area contributed by atoms with Crippen LogP contribution in [0.1, 0.15) is 32.6 Å². The van der Waals surface area contributed by atoms with Gasteiger partial charge in [0.1, 0.15) is 0 Å². The average molecular weight is 184 g/mol. The molecule has 0 bridgehead atoms. The molecule has 0 aromatic rings. The maximum atomic E-state index is 11.5. The molecule has 0 aromatic carbocycles. The SMILES string of the molecule is CCCOC(=O)C1CCCC2OC21. The zero-order valence-electron chi connectivity index (χ0n) is 7.99. The van der Waals surface area contributed by atoms with Gasteiger partial charge in [0.2, 0.25) is 0 Å². The molecular weight excluding hydrogens is 168 g/mol. The van der Waals surface area contributed by atoms with Crippen molar-refractivity contribution in [3.05, 3.63) is 0 Å². The predicted molar refractivity (Wildman–Crippen MR) is 47.3 cm³/mol. The fourth-order valence-electron chi connectivity index (χ4n) is 2.01. The van der Waals surface area contributed by atoms with Gasteiger partial charge in [-0.25, -0.2) is 0 Å². The Kier molecular flexibility index (Phi) is 2.54. The molecule has 3 heteroatoms. The summed E-state index contributed by atoms with van der Waals surface area (Å²) in [6.07, 6.45) is 4.64. The second-order valence-corrected chi connectivity index (χ2v) is 3.84. The topological polar surface area (TPSA) is 38.8 Å². The van der Waals surface area contributed by atoms with Crippen molar-refractivity contribution in [2.45, 2.75) is 44.8 Å². The van der Waals surface area contributed by atoms with Crippen molar-refractivity contribution in [3.8, 4) is 0 Å². The average Bonchev–Trinajstić information content (AvgIpc) is 2.92. The third kappa shape index (κ3) is 1.85. The minimum atomic E-state index is -0.0472. The fourth-order valence-corrected chi connectivity index (χ4v) is 2.01. The standard InChI is InChI=1S/C10H16O3/c1-2-6-12-10(11)7-4-3-5-8-9(7)13-8/h7-9H,2-6H2,1H3. The molecule has 0 radical (unpaired) electrons. The highest BCUT2D eigenvalue weighted by molar-refractivity contribution is 5.73. The predicted octanol–water partition coefficient (Wildman–Crippen LogP) is 1.51. The Morgan fingerprint density at radius 1 is 1.54 bits per heavy atom. The lowest BCUT2D eigenvalue weighted by molar-refractivity contribution is -0.149. The summed E-state index contributed by atoms with van der Waals surface area (Å²) in [7, 11) is 0. The molecule has 1 saturated heterocycles. The summed E-state index contributed by atoms with van der Waals surface area (Å²) in [5.74, 6) is -0.0145. The number of epoxide rings is 1. The molecule has 74 valence electrons. The summed E-state index contributed by atoms with van der Waals surface area (Å²) >= 11 is 0. The van der Waals surface area contributed by atoms with Crippen LogP contribution >= 0.6 is 0 Å². The lowest BCUT2D eigenvalue weighted by atomic mass is 9.89. The van der Waals surface area contributed by atoms with E-state index in [1.165, 1.54) is 0 Å². The minimum Gasteiger partial charge on any atom is -0.465 e. The van der Waals surface area contributed by atoms with Gasteiger partial charge >= 0.3 is 5.97 Å². The lowest BCUT2D eigenvalue weighted by Crippen LogP contribution is -2.27. The van der Waals surface area contributed by atoms with Gasteiger partial charge in [-0.15, -0.1) is 0 Å². The van der Waals surface area contributed by atoms with Gasteiger partial charge in [0.15, 0.2) is 0 Å². The molecule has 3 nitrogen and oxygen atoms in total. The summed E-state index contributed by atoms with van der Waals surface area (Å²) in [5, 5.41) is 0. The van der Waals surface area contributed by atoms with Crippen LogP contribution in [0.15, 0.2) is 0 Å². The fraction of sp³-hybridized carbons (Fsp3) is 0.900. The molecule has 0 spiro atoms. The van der Waals surface area contributed by atoms with E-state index in [9.17, 15) is 4.79 Å². The summed E-state index contributed by atoms with van der Waals surface area (Å²) in [6.45, 7) is 2.55. The van der Waals surface area contributed by atoms with Gasteiger partial charge in [-0.1, -0.05) is 6.92 Å². The molecule has 2 aliphatic rings. The van der Waals surface area contributed by atoms with Crippen LogP contribution in [0, 0.1) is 5.92 Å². The highest BCUT2D eigenvalue weighted by Crippen LogP contribution is 2.41. The second-order valence-electron chi connectivity index (χ2n) is 3.84. The minimum absolute atomic E-state index is 0.0327. The smallest absolute Gasteiger partial charge is 0.311 e. The van der Waals surface area contributed by atoms with Crippen molar-refractivity contribution in [1.29, 1.82) is 0 Å². The number of carbonyl (C=O) groups excluding carboxylic acids is 1. The Labute approximate surface area is 78.4 Å². The largest absolute Gasteiger partial charge is 0.465 e. The van der Waals surface area contributed by atoms with E-state index in [1.54, 1.807) is 0 Å². The van der Waals surface area contributed by atoms with E-state index in [1.807, 2.05) is 6.92 Å². The van der Waals surface area contributed by atoms with Gasteiger partial charge in [0.05, 0.1) is 24.7 Å². The zero-order valence-corrected chi connectivity index (χ0v) is 7.99. The highest BCUT2D eigenvalue weighted by Gasteiger charge is 2.50. The highest BCUT2D eigenvalue weighted by atomic mass is 16.6. The van der Waals surface area contributed by atoms with Crippen molar-refractivity contribution in [2.75, 3.05) is 6.61 Å². The number of rotatable bonds is 3. The molecule has 3 unspecified atom stereocenters. The number of esters is 1. The summed E-state index contributed by atoms with van der Waals surface area (Å²) in [4.78, 5) is 11.5. The molecule has 1 aliphatic heterocycles. The molecule has 3 atom stereocenters. The monoisotopic (exact) mass is 184 g/mol. The molecule has 0 N–H and O–H groups in total. The van der Waals surface area contributed by atoms with Crippen molar-refractivity contribution >= 4 is 5.97 Å². The first-order chi connectivity index (χ1) is 6.33. The Bertz CT molecular complexity index is 202. The Morgan fingerprint density at radius 2 is 2.38 bits per heavy atom. The van der Waals surface area contributed by atoms with Crippen LogP contribution in [-0.4, -0.2) is 24.8 Å². The maximum absolute atomic E-state index is 11.5. The first-order valence-corrected chi connectivity index (χ1v) is 5.15. The van der Waals surface area contributed by atoms with Crippen molar-refractivity contribution in [1.82, 2.24) is 0 Å². The van der Waals surface area contributed by atoms with Crippen LogP contribution in [0.2, 0.25) is 0 Å². The van der Waals surface area contributed by atoms with Gasteiger partial charge in [-0.05, 0) is 25.7 Å². The van der Waals surface area contributed by atoms with E-state index in [4.69, 9.17) is 9.47 Å². The van der Waals surface area contributed by atoms with Crippen molar-refractivity contribution < 1.29 is 14.3 Å². The normalized spacial score (nSPS) is 36.5. The first-order valence-electron chi connectivity index (χ1n) is 5.15. The number of carbonyl (C=O) groups is 1. The van der Waals surface area contributed by atoms with Crippen LogP contribution in [0.25, 0.3) is 0 Å². The summed E-state index contributed by atoms with van der Waals surface area (Å²) < 4.78 is 10.5. The Balaban J connectivity index is 1.82. The number of hydrogen-bond acceptors (Lipinski definition) is 3. The van der Waals surface area contributed by atoms with Gasteiger partial charge < -0.3 is 9.47 Å². The van der Waals surface area contributed by atoms with Gasteiger partial charge in [0.25, 0.3) is 0 Å². The third-order valence-electron chi connectivity index (χ3n) is 2.77.